The maximum atomic E-state index is 13.3. The van der Waals surface area contributed by atoms with Gasteiger partial charge < -0.3 is 10.1 Å². The Hall–Kier alpha value is -3.18. The van der Waals surface area contributed by atoms with E-state index in [4.69, 9.17) is 9.72 Å². The fourth-order valence-electron chi connectivity index (χ4n) is 4.06. The van der Waals surface area contributed by atoms with Crippen LogP contribution in [0.5, 0.6) is 5.75 Å². The highest BCUT2D eigenvalue weighted by atomic mass is 32.1. The van der Waals surface area contributed by atoms with E-state index in [-0.39, 0.29) is 5.91 Å². The number of hydrogen-bond donors (Lipinski definition) is 1. The first-order chi connectivity index (χ1) is 15.0. The van der Waals surface area contributed by atoms with Crippen molar-refractivity contribution in [2.24, 2.45) is 0 Å². The zero-order chi connectivity index (χ0) is 22.0. The number of nitrogens with one attached hydrogen (secondary N) is 1. The Balaban J connectivity index is 1.85. The van der Waals surface area contributed by atoms with E-state index in [0.29, 0.717) is 11.4 Å². The number of pyridine rings is 1. The van der Waals surface area contributed by atoms with Crippen molar-refractivity contribution in [1.29, 1.82) is 0 Å². The maximum Gasteiger partial charge on any atom is 0.262 e. The summed E-state index contributed by atoms with van der Waals surface area (Å²) >= 11 is 1.47. The predicted molar refractivity (Wildman–Crippen MR) is 128 cm³/mol. The zero-order valence-electron chi connectivity index (χ0n) is 18.3. The number of hydrogen-bond acceptors (Lipinski definition) is 4. The van der Waals surface area contributed by atoms with Gasteiger partial charge in [-0.3, -0.25) is 4.79 Å². The van der Waals surface area contributed by atoms with E-state index in [0.717, 1.165) is 44.8 Å². The van der Waals surface area contributed by atoms with Crippen molar-refractivity contribution in [3.8, 4) is 16.9 Å². The third-order valence-corrected chi connectivity index (χ3v) is 6.74. The summed E-state index contributed by atoms with van der Waals surface area (Å²) in [6, 6.07) is 17.8. The molecule has 0 saturated heterocycles. The van der Waals surface area contributed by atoms with E-state index in [2.05, 4.69) is 19.2 Å². The molecule has 0 spiro atoms. The van der Waals surface area contributed by atoms with E-state index in [1.165, 1.54) is 22.5 Å². The Morgan fingerprint density at radius 2 is 1.77 bits per heavy atom. The van der Waals surface area contributed by atoms with Crippen molar-refractivity contribution < 1.29 is 9.53 Å². The smallest absolute Gasteiger partial charge is 0.262 e. The maximum absolute atomic E-state index is 13.3. The van der Waals surface area contributed by atoms with E-state index in [1.54, 1.807) is 7.11 Å². The quantitative estimate of drug-likeness (QED) is 0.403. The molecule has 0 atom stereocenters. The molecule has 0 aliphatic rings. The molecular weight excluding hydrogens is 404 g/mol. The van der Waals surface area contributed by atoms with Gasteiger partial charge in [-0.05, 0) is 54.7 Å². The zero-order valence-corrected chi connectivity index (χ0v) is 19.1. The van der Waals surface area contributed by atoms with Crippen LogP contribution in [-0.2, 0) is 13.0 Å². The summed E-state index contributed by atoms with van der Waals surface area (Å²) in [6.07, 6.45) is 0.911. The van der Waals surface area contributed by atoms with Crippen molar-refractivity contribution in [1.82, 2.24) is 10.3 Å². The molecule has 4 rings (SSSR count). The standard InChI is InChI=1S/C26H26N2O2S/c1-5-21-16(2)22-23(19-11-13-20(30-4)14-12-19)24(31-26(22)28-17(21)3)25(29)27-15-18-9-7-6-8-10-18/h6-14H,5,15H2,1-4H3,(H,27,29). The number of ether oxygens (including phenoxy) is 1. The summed E-state index contributed by atoms with van der Waals surface area (Å²) < 4.78 is 5.33. The van der Waals surface area contributed by atoms with Gasteiger partial charge >= 0.3 is 0 Å². The Bertz CT molecular complexity index is 1230. The number of aryl methyl sites for hydroxylation is 2. The third kappa shape index (κ3) is 4.06. The molecule has 1 amide bonds. The Labute approximate surface area is 186 Å². The topological polar surface area (TPSA) is 51.2 Å². The average Bonchev–Trinajstić information content (AvgIpc) is 3.18. The Morgan fingerprint density at radius 3 is 2.42 bits per heavy atom. The van der Waals surface area contributed by atoms with Crippen LogP contribution in [-0.4, -0.2) is 18.0 Å². The summed E-state index contributed by atoms with van der Waals surface area (Å²) in [6.45, 7) is 6.83. The molecule has 0 saturated carbocycles. The number of amides is 1. The number of nitrogens with zero attached hydrogens (tertiary/aromatic N) is 1. The van der Waals surface area contributed by atoms with Crippen LogP contribution < -0.4 is 10.1 Å². The number of rotatable bonds is 6. The molecule has 0 aliphatic heterocycles. The SMILES string of the molecule is CCc1c(C)nc2sc(C(=O)NCc3ccccc3)c(-c3ccc(OC)cc3)c2c1C. The van der Waals surface area contributed by atoms with Gasteiger partial charge in [0.05, 0.1) is 7.11 Å². The van der Waals surface area contributed by atoms with Gasteiger partial charge in [0, 0.05) is 23.2 Å². The molecule has 4 aromatic rings. The summed E-state index contributed by atoms with van der Waals surface area (Å²) in [5, 5.41) is 4.16. The van der Waals surface area contributed by atoms with Gasteiger partial charge in [0.1, 0.15) is 15.5 Å². The van der Waals surface area contributed by atoms with Crippen molar-refractivity contribution in [3.63, 3.8) is 0 Å². The number of methoxy groups -OCH3 is 1. The largest absolute Gasteiger partial charge is 0.497 e. The Morgan fingerprint density at radius 1 is 1.06 bits per heavy atom. The summed E-state index contributed by atoms with van der Waals surface area (Å²) in [5.74, 6) is 0.714. The number of thiophene rings is 1. The molecule has 158 valence electrons. The van der Waals surface area contributed by atoms with Gasteiger partial charge in [-0.15, -0.1) is 11.3 Å². The lowest BCUT2D eigenvalue weighted by Gasteiger charge is -2.11. The van der Waals surface area contributed by atoms with Gasteiger partial charge in [0.25, 0.3) is 5.91 Å². The second kappa shape index (κ2) is 8.90. The minimum atomic E-state index is -0.0761. The second-order valence-electron chi connectivity index (χ2n) is 7.54. The molecule has 2 aromatic carbocycles. The number of benzene rings is 2. The molecule has 5 heteroatoms. The molecular formula is C26H26N2O2S. The molecule has 0 unspecified atom stereocenters. The lowest BCUT2D eigenvalue weighted by atomic mass is 9.95. The van der Waals surface area contributed by atoms with Crippen LogP contribution in [0.2, 0.25) is 0 Å². The molecule has 0 radical (unpaired) electrons. The first-order valence-corrected chi connectivity index (χ1v) is 11.2. The van der Waals surface area contributed by atoms with Crippen LogP contribution in [0.25, 0.3) is 21.3 Å². The second-order valence-corrected chi connectivity index (χ2v) is 8.54. The highest BCUT2D eigenvalue weighted by Crippen LogP contribution is 2.41. The van der Waals surface area contributed by atoms with Crippen molar-refractivity contribution in [2.45, 2.75) is 33.7 Å². The number of carbonyl (C=O) groups is 1. The van der Waals surface area contributed by atoms with Gasteiger partial charge in [-0.2, -0.15) is 0 Å². The normalized spacial score (nSPS) is 11.0. The van der Waals surface area contributed by atoms with E-state index >= 15 is 0 Å². The van der Waals surface area contributed by atoms with Crippen molar-refractivity contribution >= 4 is 27.5 Å². The molecule has 2 heterocycles. The lowest BCUT2D eigenvalue weighted by molar-refractivity contribution is 0.0955. The molecule has 4 nitrogen and oxygen atoms in total. The summed E-state index contributed by atoms with van der Waals surface area (Å²) in [7, 11) is 1.65. The monoisotopic (exact) mass is 430 g/mol. The van der Waals surface area contributed by atoms with Crippen LogP contribution in [0.1, 0.15) is 39.0 Å². The molecule has 2 aromatic heterocycles. The molecule has 0 fully saturated rings. The van der Waals surface area contributed by atoms with Crippen molar-refractivity contribution in [3.05, 3.63) is 81.9 Å². The van der Waals surface area contributed by atoms with Crippen LogP contribution in [0, 0.1) is 13.8 Å². The summed E-state index contributed by atoms with van der Waals surface area (Å²) in [5.41, 5.74) is 6.50. The van der Waals surface area contributed by atoms with E-state index < -0.39 is 0 Å². The van der Waals surface area contributed by atoms with Gasteiger partial charge in [0.15, 0.2) is 0 Å². The predicted octanol–water partition coefficient (Wildman–Crippen LogP) is 6.08. The van der Waals surface area contributed by atoms with Gasteiger partial charge in [-0.1, -0.05) is 49.4 Å². The molecule has 1 N–H and O–H groups in total. The van der Waals surface area contributed by atoms with Crippen molar-refractivity contribution in [2.75, 3.05) is 7.11 Å². The average molecular weight is 431 g/mol. The Kier molecular flexibility index (Phi) is 6.05. The van der Waals surface area contributed by atoms with Crippen LogP contribution in [0.15, 0.2) is 54.6 Å². The van der Waals surface area contributed by atoms with E-state index in [9.17, 15) is 4.79 Å². The highest BCUT2D eigenvalue weighted by Gasteiger charge is 2.23. The number of aromatic nitrogens is 1. The highest BCUT2D eigenvalue weighted by molar-refractivity contribution is 7.21. The lowest BCUT2D eigenvalue weighted by Crippen LogP contribution is -2.22. The molecule has 0 aliphatic carbocycles. The number of carbonyl (C=O) groups excluding carboxylic acids is 1. The van der Waals surface area contributed by atoms with Crippen LogP contribution in [0.3, 0.4) is 0 Å². The summed E-state index contributed by atoms with van der Waals surface area (Å²) in [4.78, 5) is 19.8. The fourth-order valence-corrected chi connectivity index (χ4v) is 5.28. The third-order valence-electron chi connectivity index (χ3n) is 5.66. The number of fused-ring (bicyclic) bond motifs is 1. The van der Waals surface area contributed by atoms with E-state index in [1.807, 2.05) is 61.5 Å². The minimum Gasteiger partial charge on any atom is -0.497 e. The first kappa shape index (κ1) is 21.1. The van der Waals surface area contributed by atoms with Crippen LogP contribution in [0.4, 0.5) is 0 Å². The minimum absolute atomic E-state index is 0.0761. The first-order valence-electron chi connectivity index (χ1n) is 10.4. The fraction of sp³-hybridized carbons (Fsp3) is 0.231. The molecule has 31 heavy (non-hydrogen) atoms. The molecule has 0 bridgehead atoms. The van der Waals surface area contributed by atoms with Gasteiger partial charge in [-0.25, -0.2) is 4.98 Å². The van der Waals surface area contributed by atoms with Gasteiger partial charge in [0.2, 0.25) is 0 Å². The van der Waals surface area contributed by atoms with Crippen LogP contribution >= 0.6 is 11.3 Å².